The van der Waals surface area contributed by atoms with Gasteiger partial charge in [0.1, 0.15) is 5.52 Å². The fraction of sp³-hybridized carbons (Fsp3) is 0.467. The Kier molecular flexibility index (Phi) is 4.24. The molecule has 21 heavy (non-hydrogen) atoms. The normalized spacial score (nSPS) is 23.2. The van der Waals surface area contributed by atoms with Crippen molar-refractivity contribution in [1.82, 2.24) is 19.9 Å². The zero-order chi connectivity index (χ0) is 14.8. The summed E-state index contributed by atoms with van der Waals surface area (Å²) in [5, 5.41) is 13.8. The van der Waals surface area contributed by atoms with E-state index in [2.05, 4.69) is 15.3 Å². The number of aryl methyl sites for hydroxylation is 1. The summed E-state index contributed by atoms with van der Waals surface area (Å²) in [5.41, 5.74) is 2.62. The van der Waals surface area contributed by atoms with E-state index in [1.807, 2.05) is 23.6 Å². The number of halogens is 1. The molecule has 2 N–H and O–H groups in total. The van der Waals surface area contributed by atoms with Crippen LogP contribution in [0.3, 0.4) is 0 Å². The molecule has 0 radical (unpaired) electrons. The Morgan fingerprint density at radius 2 is 2.38 bits per heavy atom. The molecule has 1 saturated heterocycles. The molecule has 2 aromatic heterocycles. The van der Waals surface area contributed by atoms with E-state index in [1.54, 1.807) is 12.5 Å². The van der Waals surface area contributed by atoms with E-state index >= 15 is 0 Å². The molecule has 0 amide bonds. The predicted molar refractivity (Wildman–Crippen MR) is 83.4 cm³/mol. The number of pyridine rings is 1. The van der Waals surface area contributed by atoms with Crippen LogP contribution in [0.1, 0.15) is 18.4 Å². The van der Waals surface area contributed by atoms with Crippen LogP contribution in [0.25, 0.3) is 11.2 Å². The summed E-state index contributed by atoms with van der Waals surface area (Å²) in [6.45, 7) is 3.58. The van der Waals surface area contributed by atoms with Crippen LogP contribution < -0.4 is 5.32 Å². The minimum Gasteiger partial charge on any atom is -0.391 e. The molecule has 2 atom stereocenters. The molecule has 112 valence electrons. The van der Waals surface area contributed by atoms with Gasteiger partial charge in [0.05, 0.1) is 23.5 Å². The lowest BCUT2D eigenvalue weighted by atomic mass is 10.0. The molecule has 0 spiro atoms. The molecule has 1 aliphatic rings. The maximum Gasteiger partial charge on any atom is 0.160 e. The van der Waals surface area contributed by atoms with E-state index in [0.717, 1.165) is 36.1 Å². The summed E-state index contributed by atoms with van der Waals surface area (Å²) in [5.74, 6) is 0. The van der Waals surface area contributed by atoms with Crippen molar-refractivity contribution < 1.29 is 5.11 Å². The Hall–Kier alpha value is -1.43. The van der Waals surface area contributed by atoms with Gasteiger partial charge in [-0.25, -0.2) is 9.97 Å². The molecule has 5 nitrogen and oxygen atoms in total. The van der Waals surface area contributed by atoms with Crippen molar-refractivity contribution in [2.75, 3.05) is 6.54 Å². The minimum absolute atomic E-state index is 0.0395. The summed E-state index contributed by atoms with van der Waals surface area (Å²) in [4.78, 5) is 8.73. The van der Waals surface area contributed by atoms with Crippen molar-refractivity contribution in [3.63, 3.8) is 0 Å². The molecule has 2 aromatic rings. The summed E-state index contributed by atoms with van der Waals surface area (Å²) in [6, 6.07) is 0.0395. The van der Waals surface area contributed by atoms with Gasteiger partial charge < -0.3 is 15.0 Å². The number of imidazole rings is 1. The van der Waals surface area contributed by atoms with Crippen molar-refractivity contribution in [1.29, 1.82) is 0 Å². The second kappa shape index (κ2) is 6.13. The Morgan fingerprint density at radius 3 is 3.19 bits per heavy atom. The third-order valence-corrected chi connectivity index (χ3v) is 4.32. The molecule has 0 saturated carbocycles. The smallest absolute Gasteiger partial charge is 0.160 e. The maximum atomic E-state index is 9.90. The Bertz CT molecular complexity index is 667. The lowest BCUT2D eigenvalue weighted by Gasteiger charge is -2.26. The summed E-state index contributed by atoms with van der Waals surface area (Å²) in [7, 11) is 0. The van der Waals surface area contributed by atoms with Crippen LogP contribution in [0.2, 0.25) is 5.02 Å². The molecule has 0 bridgehead atoms. The summed E-state index contributed by atoms with van der Waals surface area (Å²) >= 11 is 6.06. The average molecular weight is 307 g/mol. The van der Waals surface area contributed by atoms with Crippen molar-refractivity contribution in [3.8, 4) is 0 Å². The quantitative estimate of drug-likeness (QED) is 0.852. The van der Waals surface area contributed by atoms with Crippen LogP contribution in [0, 0.1) is 6.92 Å². The molecule has 3 heterocycles. The molecule has 0 unspecified atom stereocenters. The van der Waals surface area contributed by atoms with Gasteiger partial charge in [-0.05, 0) is 31.9 Å². The Balaban J connectivity index is 1.75. The fourth-order valence-corrected chi connectivity index (χ4v) is 2.79. The predicted octanol–water partition coefficient (Wildman–Crippen LogP) is 2.06. The zero-order valence-electron chi connectivity index (χ0n) is 12.0. The largest absolute Gasteiger partial charge is 0.391 e. The lowest BCUT2D eigenvalue weighted by molar-refractivity contribution is 0.115. The van der Waals surface area contributed by atoms with E-state index < -0.39 is 0 Å². The van der Waals surface area contributed by atoms with Crippen LogP contribution in [0.15, 0.2) is 24.7 Å². The van der Waals surface area contributed by atoms with Crippen molar-refractivity contribution in [2.45, 2.75) is 38.5 Å². The number of piperidine rings is 1. The molecule has 1 aliphatic heterocycles. The number of aliphatic hydroxyl groups is 1. The topological polar surface area (TPSA) is 63.0 Å². The van der Waals surface area contributed by atoms with Crippen molar-refractivity contribution in [3.05, 3.63) is 35.3 Å². The van der Waals surface area contributed by atoms with E-state index in [0.29, 0.717) is 11.6 Å². The van der Waals surface area contributed by atoms with Crippen LogP contribution in [-0.2, 0) is 6.54 Å². The molecule has 6 heteroatoms. The highest BCUT2D eigenvalue weighted by atomic mass is 35.5. The second-order valence-corrected chi connectivity index (χ2v) is 5.83. The molecule has 3 rings (SSSR count). The maximum absolute atomic E-state index is 9.90. The first-order chi connectivity index (χ1) is 10.2. The number of rotatable bonds is 3. The number of aromatic nitrogens is 3. The number of allylic oxidation sites excluding steroid dienone is 1. The lowest BCUT2D eigenvalue weighted by Crippen LogP contribution is -2.43. The molecule has 1 fully saturated rings. The van der Waals surface area contributed by atoms with Crippen LogP contribution in [0.5, 0.6) is 0 Å². The number of aliphatic hydroxyl groups excluding tert-OH is 1. The number of hydrogen-bond donors (Lipinski definition) is 2. The van der Waals surface area contributed by atoms with Gasteiger partial charge in [0, 0.05) is 12.7 Å². The molecule has 0 aliphatic carbocycles. The van der Waals surface area contributed by atoms with Crippen LogP contribution >= 0.6 is 11.6 Å². The molecule has 0 aromatic carbocycles. The highest BCUT2D eigenvalue weighted by Crippen LogP contribution is 2.21. The van der Waals surface area contributed by atoms with Crippen LogP contribution in [0.4, 0.5) is 0 Å². The van der Waals surface area contributed by atoms with E-state index in [1.165, 1.54) is 0 Å². The first-order valence-electron chi connectivity index (χ1n) is 7.21. The third kappa shape index (κ3) is 2.95. The third-order valence-electron chi connectivity index (χ3n) is 3.94. The van der Waals surface area contributed by atoms with Gasteiger partial charge in [-0.15, -0.1) is 0 Å². The van der Waals surface area contributed by atoms with Gasteiger partial charge in [0.25, 0.3) is 0 Å². The number of nitrogens with zero attached hydrogens (tertiary/aromatic N) is 3. The Morgan fingerprint density at radius 1 is 1.52 bits per heavy atom. The second-order valence-electron chi connectivity index (χ2n) is 5.42. The van der Waals surface area contributed by atoms with E-state index in [4.69, 9.17) is 11.6 Å². The van der Waals surface area contributed by atoms with Gasteiger partial charge in [-0.1, -0.05) is 23.8 Å². The average Bonchev–Trinajstić information content (AvgIpc) is 2.89. The minimum atomic E-state index is -0.297. The van der Waals surface area contributed by atoms with Crippen molar-refractivity contribution >= 4 is 22.8 Å². The van der Waals surface area contributed by atoms with Crippen molar-refractivity contribution in [2.24, 2.45) is 0 Å². The van der Waals surface area contributed by atoms with E-state index in [-0.39, 0.29) is 12.1 Å². The number of fused-ring (bicyclic) bond motifs is 1. The van der Waals surface area contributed by atoms with Gasteiger partial charge in [0.15, 0.2) is 5.65 Å². The molecular formula is C15H19ClN4O. The van der Waals surface area contributed by atoms with Gasteiger partial charge in [0.2, 0.25) is 0 Å². The van der Waals surface area contributed by atoms with Gasteiger partial charge in [-0.2, -0.15) is 0 Å². The Labute approximate surface area is 128 Å². The highest BCUT2D eigenvalue weighted by molar-refractivity contribution is 6.31. The standard InChI is InChI=1S/C15H19ClN4O/c1-10-11(16)8-18-15-14(10)19-9-20(15)7-3-4-12-13(21)5-2-6-17-12/h3-4,8-9,12-13,17,21H,2,5-7H2,1H3/b4-3+/t12-,13+/m1/s1. The zero-order valence-corrected chi connectivity index (χ0v) is 12.7. The monoisotopic (exact) mass is 306 g/mol. The number of nitrogens with one attached hydrogen (secondary N) is 1. The van der Waals surface area contributed by atoms with Crippen LogP contribution in [-0.4, -0.2) is 38.3 Å². The summed E-state index contributed by atoms with van der Waals surface area (Å²) in [6.07, 6.45) is 9.09. The SMILES string of the molecule is Cc1c(Cl)cnc2c1ncn2C/C=C/[C@H]1NCCC[C@@H]1O. The first-order valence-corrected chi connectivity index (χ1v) is 7.58. The van der Waals surface area contributed by atoms with E-state index in [9.17, 15) is 5.11 Å². The van der Waals surface area contributed by atoms with Gasteiger partial charge >= 0.3 is 0 Å². The summed E-state index contributed by atoms with van der Waals surface area (Å²) < 4.78 is 1.98. The highest BCUT2D eigenvalue weighted by Gasteiger charge is 2.19. The number of hydrogen-bond acceptors (Lipinski definition) is 4. The first kappa shape index (κ1) is 14.5. The fourth-order valence-electron chi connectivity index (χ4n) is 2.65. The molecular weight excluding hydrogens is 288 g/mol. The van der Waals surface area contributed by atoms with Gasteiger partial charge in [-0.3, -0.25) is 0 Å².